The highest BCUT2D eigenvalue weighted by Gasteiger charge is 2.27. The van der Waals surface area contributed by atoms with Crippen LogP contribution in [-0.2, 0) is 26.6 Å². The van der Waals surface area contributed by atoms with Crippen molar-refractivity contribution in [2.75, 3.05) is 6.54 Å². The second-order valence-electron chi connectivity index (χ2n) is 5.52. The Labute approximate surface area is 139 Å². The average molecular weight is 330 g/mol. The van der Waals surface area contributed by atoms with E-state index < -0.39 is 5.97 Å². The molecule has 0 atom stereocenters. The molecule has 23 heavy (non-hydrogen) atoms. The lowest BCUT2D eigenvalue weighted by atomic mass is 10.1. The number of carboxylic acids is 1. The lowest BCUT2D eigenvalue weighted by molar-refractivity contribution is 0.0683. The number of benzene rings is 1. The first-order valence-corrected chi connectivity index (χ1v) is 7.82. The normalized spacial score (nSPS) is 13.5. The van der Waals surface area contributed by atoms with Crippen LogP contribution in [0.2, 0.25) is 0 Å². The van der Waals surface area contributed by atoms with E-state index in [0.29, 0.717) is 24.6 Å². The minimum atomic E-state index is -0.953. The number of thiocarbonyl (C=S) groups is 1. The molecule has 0 fully saturated rings. The zero-order valence-electron chi connectivity index (χ0n) is 12.8. The van der Waals surface area contributed by atoms with Crippen molar-refractivity contribution in [2.24, 2.45) is 7.05 Å². The van der Waals surface area contributed by atoms with Gasteiger partial charge in [0.2, 0.25) is 0 Å². The zero-order chi connectivity index (χ0) is 16.4. The van der Waals surface area contributed by atoms with Crippen molar-refractivity contribution in [1.82, 2.24) is 20.0 Å². The van der Waals surface area contributed by atoms with Gasteiger partial charge in [-0.3, -0.25) is 4.68 Å². The summed E-state index contributed by atoms with van der Waals surface area (Å²) in [7, 11) is 1.66. The van der Waals surface area contributed by atoms with Crippen LogP contribution in [0.15, 0.2) is 30.3 Å². The summed E-state index contributed by atoms with van der Waals surface area (Å²) in [5, 5.41) is 17.5. The van der Waals surface area contributed by atoms with Crippen LogP contribution >= 0.6 is 12.2 Å². The Morgan fingerprint density at radius 1 is 1.39 bits per heavy atom. The third kappa shape index (κ3) is 3.19. The lowest BCUT2D eigenvalue weighted by Crippen LogP contribution is -2.42. The molecule has 0 saturated heterocycles. The molecule has 0 unspecified atom stereocenters. The van der Waals surface area contributed by atoms with Crippen molar-refractivity contribution >= 4 is 23.3 Å². The number of aryl methyl sites for hydroxylation is 1. The summed E-state index contributed by atoms with van der Waals surface area (Å²) in [4.78, 5) is 13.4. The number of aromatic carboxylic acids is 1. The van der Waals surface area contributed by atoms with Gasteiger partial charge in [0.05, 0.1) is 5.69 Å². The van der Waals surface area contributed by atoms with E-state index in [1.165, 1.54) is 4.68 Å². The maximum absolute atomic E-state index is 11.4. The van der Waals surface area contributed by atoms with Gasteiger partial charge < -0.3 is 15.3 Å². The van der Waals surface area contributed by atoms with Gasteiger partial charge in [-0.25, -0.2) is 4.79 Å². The van der Waals surface area contributed by atoms with E-state index in [0.717, 1.165) is 23.4 Å². The number of carboxylic acid groups (broad SMARTS) is 1. The number of nitrogens with one attached hydrogen (secondary N) is 1. The first-order chi connectivity index (χ1) is 11.1. The van der Waals surface area contributed by atoms with E-state index in [-0.39, 0.29) is 5.69 Å². The van der Waals surface area contributed by atoms with Crippen molar-refractivity contribution in [3.8, 4) is 0 Å². The highest BCUT2D eigenvalue weighted by Crippen LogP contribution is 2.22. The number of rotatable bonds is 3. The summed E-state index contributed by atoms with van der Waals surface area (Å²) in [6.07, 6.45) is 0.698. The molecule has 0 radical (unpaired) electrons. The fourth-order valence-corrected chi connectivity index (χ4v) is 3.06. The van der Waals surface area contributed by atoms with Crippen molar-refractivity contribution in [3.05, 3.63) is 52.8 Å². The van der Waals surface area contributed by atoms with Crippen LogP contribution in [0.3, 0.4) is 0 Å². The molecule has 1 aromatic carbocycles. The van der Waals surface area contributed by atoms with Gasteiger partial charge in [0.1, 0.15) is 0 Å². The van der Waals surface area contributed by atoms with E-state index in [4.69, 9.17) is 12.2 Å². The monoisotopic (exact) mass is 330 g/mol. The number of aromatic nitrogens is 2. The summed E-state index contributed by atoms with van der Waals surface area (Å²) in [6.45, 7) is 1.87. The minimum absolute atomic E-state index is 0.246. The summed E-state index contributed by atoms with van der Waals surface area (Å²) < 4.78 is 1.44. The predicted molar refractivity (Wildman–Crippen MR) is 90.2 cm³/mol. The predicted octanol–water partition coefficient (Wildman–Crippen LogP) is 1.55. The van der Waals surface area contributed by atoms with Crippen LogP contribution < -0.4 is 5.32 Å². The van der Waals surface area contributed by atoms with E-state index >= 15 is 0 Å². The Kier molecular flexibility index (Phi) is 4.29. The summed E-state index contributed by atoms with van der Waals surface area (Å²) in [5.74, 6) is -0.953. The topological polar surface area (TPSA) is 70.4 Å². The molecule has 3 rings (SSSR count). The van der Waals surface area contributed by atoms with Gasteiger partial charge in [-0.15, -0.1) is 0 Å². The van der Waals surface area contributed by atoms with Crippen LogP contribution in [0.5, 0.6) is 0 Å². The molecule has 120 valence electrons. The van der Waals surface area contributed by atoms with E-state index in [9.17, 15) is 9.90 Å². The first-order valence-electron chi connectivity index (χ1n) is 7.41. The highest BCUT2D eigenvalue weighted by molar-refractivity contribution is 7.80. The Morgan fingerprint density at radius 2 is 2.13 bits per heavy atom. The molecule has 0 aliphatic carbocycles. The second kappa shape index (κ2) is 6.37. The number of carbonyl (C=O) groups is 1. The third-order valence-electron chi connectivity index (χ3n) is 3.97. The number of fused-ring (bicyclic) bond motifs is 1. The fourth-order valence-electron chi connectivity index (χ4n) is 2.83. The third-order valence-corrected chi connectivity index (χ3v) is 4.37. The molecule has 2 heterocycles. The molecule has 7 heteroatoms. The number of hydrogen-bond acceptors (Lipinski definition) is 3. The second-order valence-corrected chi connectivity index (χ2v) is 5.91. The van der Waals surface area contributed by atoms with Gasteiger partial charge in [-0.1, -0.05) is 30.3 Å². The van der Waals surface area contributed by atoms with Gasteiger partial charge in [-0.05, 0) is 17.8 Å². The largest absolute Gasteiger partial charge is 0.477 e. The van der Waals surface area contributed by atoms with Crippen molar-refractivity contribution in [3.63, 3.8) is 0 Å². The molecule has 0 bridgehead atoms. The molecular formula is C16H18N4O2S. The Balaban J connectivity index is 1.69. The van der Waals surface area contributed by atoms with Gasteiger partial charge in [0, 0.05) is 38.7 Å². The number of hydrogen-bond donors (Lipinski definition) is 2. The Bertz CT molecular complexity index is 742. The first kappa shape index (κ1) is 15.5. The summed E-state index contributed by atoms with van der Waals surface area (Å²) in [5.41, 5.74) is 3.01. The molecule has 0 saturated carbocycles. The van der Waals surface area contributed by atoms with Crippen LogP contribution in [0.1, 0.15) is 27.3 Å². The van der Waals surface area contributed by atoms with Crippen molar-refractivity contribution in [2.45, 2.75) is 19.5 Å². The molecule has 1 aromatic heterocycles. The highest BCUT2D eigenvalue weighted by atomic mass is 32.1. The van der Waals surface area contributed by atoms with Gasteiger partial charge in [0.15, 0.2) is 10.8 Å². The lowest BCUT2D eigenvalue weighted by Gasteiger charge is -2.29. The van der Waals surface area contributed by atoms with Gasteiger partial charge in [-0.2, -0.15) is 5.10 Å². The summed E-state index contributed by atoms with van der Waals surface area (Å²) >= 11 is 5.46. The average Bonchev–Trinajstić information content (AvgIpc) is 2.88. The maximum Gasteiger partial charge on any atom is 0.354 e. The summed E-state index contributed by atoms with van der Waals surface area (Å²) in [6, 6.07) is 10.0. The van der Waals surface area contributed by atoms with Crippen LogP contribution in [0, 0.1) is 0 Å². The quantitative estimate of drug-likeness (QED) is 0.832. The van der Waals surface area contributed by atoms with Crippen LogP contribution in [-0.4, -0.2) is 37.4 Å². The molecule has 2 N–H and O–H groups in total. The molecular weight excluding hydrogens is 312 g/mol. The molecule has 6 nitrogen and oxygen atoms in total. The van der Waals surface area contributed by atoms with Gasteiger partial charge in [0.25, 0.3) is 0 Å². The Hall–Kier alpha value is -2.41. The van der Waals surface area contributed by atoms with Crippen molar-refractivity contribution < 1.29 is 9.90 Å². The van der Waals surface area contributed by atoms with E-state index in [2.05, 4.69) is 10.4 Å². The van der Waals surface area contributed by atoms with Gasteiger partial charge >= 0.3 is 5.97 Å². The van der Waals surface area contributed by atoms with Crippen LogP contribution in [0.25, 0.3) is 0 Å². The smallest absolute Gasteiger partial charge is 0.354 e. The SMILES string of the molecule is Cn1nc2c(c1C(=O)O)CN(C(=S)NCc1ccccc1)CC2. The van der Waals surface area contributed by atoms with E-state index in [1.54, 1.807) is 7.05 Å². The molecule has 1 aliphatic heterocycles. The van der Waals surface area contributed by atoms with Crippen LogP contribution in [0.4, 0.5) is 0 Å². The fraction of sp³-hybridized carbons (Fsp3) is 0.312. The van der Waals surface area contributed by atoms with Crippen molar-refractivity contribution in [1.29, 1.82) is 0 Å². The molecule has 0 spiro atoms. The molecule has 0 amide bonds. The maximum atomic E-state index is 11.4. The Morgan fingerprint density at radius 3 is 2.83 bits per heavy atom. The zero-order valence-corrected chi connectivity index (χ0v) is 13.6. The minimum Gasteiger partial charge on any atom is -0.477 e. The number of nitrogens with zero attached hydrogens (tertiary/aromatic N) is 3. The molecule has 2 aromatic rings. The standard InChI is InChI=1S/C16H18N4O2S/c1-19-14(15(21)22)12-10-20(8-7-13(12)18-19)16(23)17-9-11-5-3-2-4-6-11/h2-6H,7-10H2,1H3,(H,17,23)(H,21,22). The molecule has 1 aliphatic rings. The van der Waals surface area contributed by atoms with E-state index in [1.807, 2.05) is 35.2 Å².